The molecule has 0 aliphatic carbocycles. The number of carbonyl (C=O) groups excluding carboxylic acids is 3. The molecule has 1 aliphatic rings. The summed E-state index contributed by atoms with van der Waals surface area (Å²) in [6.45, 7) is 5.24. The number of para-hydroxylation sites is 2. The maximum atomic E-state index is 12.7. The lowest BCUT2D eigenvalue weighted by molar-refractivity contribution is -0.128. The number of carbonyl (C=O) groups is 3. The predicted octanol–water partition coefficient (Wildman–Crippen LogP) is 1.03. The molecular weight excluding hydrogens is 296 g/mol. The normalized spacial score (nSPS) is 16.6. The van der Waals surface area contributed by atoms with Gasteiger partial charge in [-0.3, -0.25) is 30.1 Å². The fourth-order valence-electron chi connectivity index (χ4n) is 2.52. The smallest absolute Gasteiger partial charge is 0.258 e. The number of amides is 3. The minimum Gasteiger partial charge on any atom is -0.372 e. The molecule has 3 amide bonds. The third kappa shape index (κ3) is 4.21. The number of rotatable bonds is 4. The molecule has 1 heterocycles. The van der Waals surface area contributed by atoms with Crippen molar-refractivity contribution in [2.75, 3.05) is 16.8 Å². The molecule has 0 radical (unpaired) electrons. The highest BCUT2D eigenvalue weighted by Crippen LogP contribution is 2.32. The highest BCUT2D eigenvalue weighted by Gasteiger charge is 2.33. The Bertz CT molecular complexity index is 615. The molecule has 7 nitrogen and oxygen atoms in total. The van der Waals surface area contributed by atoms with E-state index < -0.39 is 5.91 Å². The van der Waals surface area contributed by atoms with Crippen molar-refractivity contribution in [3.05, 3.63) is 24.3 Å². The molecular formula is C16H22N4O3. The molecule has 1 aliphatic heterocycles. The van der Waals surface area contributed by atoms with Crippen molar-refractivity contribution in [1.82, 2.24) is 10.9 Å². The first-order valence-corrected chi connectivity index (χ1v) is 7.61. The van der Waals surface area contributed by atoms with Gasteiger partial charge in [0.2, 0.25) is 11.8 Å². The average Bonchev–Trinajstić information content (AvgIpc) is 2.49. The van der Waals surface area contributed by atoms with Crippen molar-refractivity contribution in [2.24, 2.45) is 5.92 Å². The van der Waals surface area contributed by atoms with Crippen LogP contribution in [0.1, 0.15) is 27.2 Å². The molecule has 2 rings (SSSR count). The number of fused-ring (bicyclic) bond motifs is 1. The summed E-state index contributed by atoms with van der Waals surface area (Å²) in [5.41, 5.74) is 6.00. The maximum absolute atomic E-state index is 12.7. The topological polar surface area (TPSA) is 90.5 Å². The van der Waals surface area contributed by atoms with Crippen molar-refractivity contribution in [3.63, 3.8) is 0 Å². The summed E-state index contributed by atoms with van der Waals surface area (Å²) in [7, 11) is 0. The van der Waals surface area contributed by atoms with Crippen molar-refractivity contribution in [2.45, 2.75) is 33.2 Å². The second-order valence-corrected chi connectivity index (χ2v) is 6.00. The van der Waals surface area contributed by atoms with E-state index in [2.05, 4.69) is 16.2 Å². The fraction of sp³-hybridized carbons (Fsp3) is 0.438. The van der Waals surface area contributed by atoms with E-state index in [-0.39, 0.29) is 24.4 Å². The number of hydrazine groups is 1. The van der Waals surface area contributed by atoms with Gasteiger partial charge in [-0.05, 0) is 24.5 Å². The lowest BCUT2D eigenvalue weighted by atomic mass is 9.99. The SMILES string of the molecule is CC(=O)NNC(=O)CN1C(=O)C(CC(C)C)Nc2ccccc21. The lowest BCUT2D eigenvalue weighted by Crippen LogP contribution is -2.53. The van der Waals surface area contributed by atoms with E-state index in [9.17, 15) is 14.4 Å². The summed E-state index contributed by atoms with van der Waals surface area (Å²) in [5.74, 6) is -0.622. The first kappa shape index (κ1) is 16.8. The van der Waals surface area contributed by atoms with Gasteiger partial charge >= 0.3 is 0 Å². The van der Waals surface area contributed by atoms with Gasteiger partial charge in [-0.1, -0.05) is 26.0 Å². The molecule has 0 bridgehead atoms. The number of nitrogens with one attached hydrogen (secondary N) is 3. The average molecular weight is 318 g/mol. The van der Waals surface area contributed by atoms with Crippen LogP contribution in [0.3, 0.4) is 0 Å². The first-order chi connectivity index (χ1) is 10.9. The molecule has 0 saturated heterocycles. The van der Waals surface area contributed by atoms with Crippen LogP contribution in [0.4, 0.5) is 11.4 Å². The van der Waals surface area contributed by atoms with Crippen LogP contribution in [0.5, 0.6) is 0 Å². The Balaban J connectivity index is 2.19. The van der Waals surface area contributed by atoms with Gasteiger partial charge < -0.3 is 5.32 Å². The summed E-state index contributed by atoms with van der Waals surface area (Å²) in [4.78, 5) is 37.0. The molecule has 0 saturated carbocycles. The summed E-state index contributed by atoms with van der Waals surface area (Å²) in [5, 5.41) is 3.24. The zero-order valence-corrected chi connectivity index (χ0v) is 13.6. The Morgan fingerprint density at radius 1 is 1.26 bits per heavy atom. The number of nitrogens with zero attached hydrogens (tertiary/aromatic N) is 1. The Labute approximate surface area is 135 Å². The fourth-order valence-corrected chi connectivity index (χ4v) is 2.52. The van der Waals surface area contributed by atoms with Gasteiger partial charge in [-0.25, -0.2) is 0 Å². The summed E-state index contributed by atoms with van der Waals surface area (Å²) in [6.07, 6.45) is 0.678. The second-order valence-electron chi connectivity index (χ2n) is 6.00. The van der Waals surface area contributed by atoms with Gasteiger partial charge in [0.15, 0.2) is 0 Å². The minimum absolute atomic E-state index is 0.143. The molecule has 1 aromatic carbocycles. The highest BCUT2D eigenvalue weighted by molar-refractivity contribution is 6.07. The second kappa shape index (κ2) is 7.13. The van der Waals surface area contributed by atoms with E-state index in [0.29, 0.717) is 18.0 Å². The van der Waals surface area contributed by atoms with Gasteiger partial charge in [-0.15, -0.1) is 0 Å². The molecule has 1 unspecified atom stereocenters. The van der Waals surface area contributed by atoms with Crippen molar-refractivity contribution in [3.8, 4) is 0 Å². The number of hydrogen-bond donors (Lipinski definition) is 3. The quantitative estimate of drug-likeness (QED) is 0.723. The molecule has 1 atom stereocenters. The van der Waals surface area contributed by atoms with Crippen LogP contribution < -0.4 is 21.1 Å². The van der Waals surface area contributed by atoms with Gasteiger partial charge in [0.25, 0.3) is 5.91 Å². The lowest BCUT2D eigenvalue weighted by Gasteiger charge is -2.35. The number of anilines is 2. The van der Waals surface area contributed by atoms with Gasteiger partial charge in [0, 0.05) is 6.92 Å². The van der Waals surface area contributed by atoms with Crippen molar-refractivity contribution in [1.29, 1.82) is 0 Å². The van der Waals surface area contributed by atoms with Crippen molar-refractivity contribution >= 4 is 29.1 Å². The molecule has 1 aromatic rings. The van der Waals surface area contributed by atoms with E-state index in [0.717, 1.165) is 5.69 Å². The Morgan fingerprint density at radius 2 is 1.96 bits per heavy atom. The Kier molecular flexibility index (Phi) is 5.20. The summed E-state index contributed by atoms with van der Waals surface area (Å²) < 4.78 is 0. The number of benzene rings is 1. The van der Waals surface area contributed by atoms with Crippen LogP contribution >= 0.6 is 0 Å². The third-order valence-electron chi connectivity index (χ3n) is 3.48. The van der Waals surface area contributed by atoms with Crippen LogP contribution in [0.25, 0.3) is 0 Å². The Morgan fingerprint density at radius 3 is 2.61 bits per heavy atom. The Hall–Kier alpha value is -2.57. The molecule has 23 heavy (non-hydrogen) atoms. The molecule has 7 heteroatoms. The van der Waals surface area contributed by atoms with Gasteiger partial charge in [0.1, 0.15) is 12.6 Å². The largest absolute Gasteiger partial charge is 0.372 e. The van der Waals surface area contributed by atoms with E-state index in [1.807, 2.05) is 32.0 Å². The maximum Gasteiger partial charge on any atom is 0.258 e. The van der Waals surface area contributed by atoms with E-state index in [1.54, 1.807) is 6.07 Å². The van der Waals surface area contributed by atoms with Crippen LogP contribution in [-0.4, -0.2) is 30.3 Å². The molecule has 0 aromatic heterocycles. The van der Waals surface area contributed by atoms with E-state index in [1.165, 1.54) is 11.8 Å². The molecule has 0 spiro atoms. The molecule has 124 valence electrons. The minimum atomic E-state index is -0.450. The van der Waals surface area contributed by atoms with Crippen LogP contribution in [0, 0.1) is 5.92 Å². The van der Waals surface area contributed by atoms with Crippen molar-refractivity contribution < 1.29 is 14.4 Å². The van der Waals surface area contributed by atoms with Crippen LogP contribution in [-0.2, 0) is 14.4 Å². The van der Waals surface area contributed by atoms with Gasteiger partial charge in [-0.2, -0.15) is 0 Å². The zero-order chi connectivity index (χ0) is 17.0. The van der Waals surface area contributed by atoms with E-state index >= 15 is 0 Å². The predicted molar refractivity (Wildman–Crippen MR) is 87.6 cm³/mol. The summed E-state index contributed by atoms with van der Waals surface area (Å²) in [6, 6.07) is 7.00. The molecule has 0 fully saturated rings. The van der Waals surface area contributed by atoms with Crippen LogP contribution in [0.15, 0.2) is 24.3 Å². The monoisotopic (exact) mass is 318 g/mol. The number of hydrogen-bond acceptors (Lipinski definition) is 4. The first-order valence-electron chi connectivity index (χ1n) is 7.61. The third-order valence-corrected chi connectivity index (χ3v) is 3.48. The van der Waals surface area contributed by atoms with E-state index in [4.69, 9.17) is 0 Å². The molecule has 3 N–H and O–H groups in total. The highest BCUT2D eigenvalue weighted by atomic mass is 16.2. The van der Waals surface area contributed by atoms with Gasteiger partial charge in [0.05, 0.1) is 11.4 Å². The zero-order valence-electron chi connectivity index (χ0n) is 13.6. The van der Waals surface area contributed by atoms with Crippen LogP contribution in [0.2, 0.25) is 0 Å². The standard InChI is InChI=1S/C16H22N4O3/c1-10(2)8-13-16(23)20(9-15(22)19-18-11(3)21)14-7-5-4-6-12(14)17-13/h4-7,10,13,17H,8-9H2,1-3H3,(H,18,21)(H,19,22). The summed E-state index contributed by atoms with van der Waals surface area (Å²) >= 11 is 0.